The Morgan fingerprint density at radius 1 is 1.50 bits per heavy atom. The van der Waals surface area contributed by atoms with Crippen LogP contribution >= 0.6 is 0 Å². The molecule has 5 heteroatoms. The highest BCUT2D eigenvalue weighted by Crippen LogP contribution is 2.31. The van der Waals surface area contributed by atoms with Crippen LogP contribution in [0.15, 0.2) is 18.5 Å². The maximum Gasteiger partial charge on any atom is 0.418 e. The summed E-state index contributed by atoms with van der Waals surface area (Å²) >= 11 is 0. The molecule has 1 atom stereocenters. The summed E-state index contributed by atoms with van der Waals surface area (Å²) in [7, 11) is 0. The van der Waals surface area contributed by atoms with Gasteiger partial charge >= 0.3 is 6.18 Å². The molecule has 1 N–H and O–H groups in total. The first-order chi connectivity index (χ1) is 6.41. The van der Waals surface area contributed by atoms with E-state index in [0.717, 1.165) is 6.20 Å². The topological polar surface area (TPSA) is 33.1 Å². The average Bonchev–Trinajstić information content (AvgIpc) is 2.01. The molecule has 0 unspecified atom stereocenters. The fourth-order valence-corrected chi connectivity index (χ4v) is 1.17. The Kier molecular flexibility index (Phi) is 3.10. The summed E-state index contributed by atoms with van der Waals surface area (Å²) in [6, 6.07) is 1.27. The molecule has 0 fully saturated rings. The number of halogens is 3. The van der Waals surface area contributed by atoms with Gasteiger partial charge in [0.05, 0.1) is 11.7 Å². The van der Waals surface area contributed by atoms with Gasteiger partial charge in [0.2, 0.25) is 0 Å². The number of nitrogens with zero attached hydrogens (tertiary/aromatic N) is 1. The van der Waals surface area contributed by atoms with Gasteiger partial charge in [-0.15, -0.1) is 0 Å². The molecule has 14 heavy (non-hydrogen) atoms. The summed E-state index contributed by atoms with van der Waals surface area (Å²) in [5.74, 6) is 0. The van der Waals surface area contributed by atoms with Crippen LogP contribution in [-0.4, -0.2) is 16.2 Å². The fourth-order valence-electron chi connectivity index (χ4n) is 1.17. The second-order valence-corrected chi connectivity index (χ2v) is 3.08. The summed E-state index contributed by atoms with van der Waals surface area (Å²) in [5.41, 5.74) is -0.705. The third-order valence-electron chi connectivity index (χ3n) is 1.73. The van der Waals surface area contributed by atoms with Gasteiger partial charge in [0.25, 0.3) is 0 Å². The highest BCUT2D eigenvalue weighted by molar-refractivity contribution is 5.26. The minimum Gasteiger partial charge on any atom is -0.393 e. The molecule has 2 nitrogen and oxygen atoms in total. The molecule has 0 spiro atoms. The molecule has 0 radical (unpaired) electrons. The number of aromatic nitrogens is 1. The number of hydrogen-bond donors (Lipinski definition) is 1. The van der Waals surface area contributed by atoms with Crippen molar-refractivity contribution in [1.29, 1.82) is 0 Å². The lowest BCUT2D eigenvalue weighted by Crippen LogP contribution is -2.13. The molecular weight excluding hydrogens is 195 g/mol. The number of alkyl halides is 3. The van der Waals surface area contributed by atoms with Crippen LogP contribution in [-0.2, 0) is 12.6 Å². The van der Waals surface area contributed by atoms with Crippen molar-refractivity contribution in [3.8, 4) is 0 Å². The first-order valence-electron chi connectivity index (χ1n) is 4.09. The van der Waals surface area contributed by atoms with Gasteiger partial charge in [-0.05, 0) is 25.0 Å². The molecule has 0 saturated heterocycles. The van der Waals surface area contributed by atoms with Gasteiger partial charge in [-0.1, -0.05) is 0 Å². The Balaban J connectivity index is 3.04. The average molecular weight is 205 g/mol. The van der Waals surface area contributed by atoms with E-state index in [1.807, 2.05) is 0 Å². The van der Waals surface area contributed by atoms with Crippen LogP contribution in [0.2, 0.25) is 0 Å². The quantitative estimate of drug-likeness (QED) is 0.801. The van der Waals surface area contributed by atoms with Crippen LogP contribution < -0.4 is 0 Å². The molecule has 1 aromatic rings. The maximum atomic E-state index is 12.4. The summed E-state index contributed by atoms with van der Waals surface area (Å²) in [5, 5.41) is 9.01. The van der Waals surface area contributed by atoms with Crippen LogP contribution in [0.4, 0.5) is 13.2 Å². The number of rotatable bonds is 2. The molecule has 1 heterocycles. The van der Waals surface area contributed by atoms with E-state index in [1.54, 1.807) is 0 Å². The lowest BCUT2D eigenvalue weighted by molar-refractivity contribution is -0.138. The van der Waals surface area contributed by atoms with E-state index in [9.17, 15) is 13.2 Å². The normalized spacial score (nSPS) is 14.1. The number of hydrogen-bond acceptors (Lipinski definition) is 2. The largest absolute Gasteiger partial charge is 0.418 e. The first-order valence-corrected chi connectivity index (χ1v) is 4.09. The Bertz CT molecular complexity index is 309. The van der Waals surface area contributed by atoms with Crippen molar-refractivity contribution >= 4 is 0 Å². The standard InChI is InChI=1S/C9H10F3NO/c1-6(14)4-7-2-3-13-5-8(7)9(10,11)12/h2-3,5-6,14H,4H2,1H3/t6-/m0/s1. The minimum absolute atomic E-state index is 0.0165. The lowest BCUT2D eigenvalue weighted by atomic mass is 10.0. The van der Waals surface area contributed by atoms with Crippen molar-refractivity contribution in [1.82, 2.24) is 4.98 Å². The molecule has 1 aromatic heterocycles. The van der Waals surface area contributed by atoms with E-state index < -0.39 is 17.8 Å². The van der Waals surface area contributed by atoms with Gasteiger partial charge in [-0.2, -0.15) is 13.2 Å². The predicted molar refractivity (Wildman–Crippen MR) is 44.6 cm³/mol. The van der Waals surface area contributed by atoms with Crippen LogP contribution in [0.3, 0.4) is 0 Å². The summed E-state index contributed by atoms with van der Waals surface area (Å²) in [6.45, 7) is 1.45. The molecule has 1 rings (SSSR count). The third-order valence-corrected chi connectivity index (χ3v) is 1.73. The molecular formula is C9H10F3NO. The Hall–Kier alpha value is -1.10. The summed E-state index contributed by atoms with van der Waals surface area (Å²) in [6.07, 6.45) is -3.15. The predicted octanol–water partition coefficient (Wildman–Crippen LogP) is 2.02. The van der Waals surface area contributed by atoms with E-state index in [4.69, 9.17) is 5.11 Å². The van der Waals surface area contributed by atoms with E-state index in [-0.39, 0.29) is 12.0 Å². The molecule has 0 aliphatic carbocycles. The number of aliphatic hydroxyl groups is 1. The molecule has 0 aliphatic rings. The van der Waals surface area contributed by atoms with Gasteiger partial charge in [0.1, 0.15) is 0 Å². The fraction of sp³-hybridized carbons (Fsp3) is 0.444. The van der Waals surface area contributed by atoms with Gasteiger partial charge in [-0.25, -0.2) is 0 Å². The van der Waals surface area contributed by atoms with Gasteiger partial charge in [0, 0.05) is 12.4 Å². The van der Waals surface area contributed by atoms with Crippen molar-refractivity contribution in [2.24, 2.45) is 0 Å². The van der Waals surface area contributed by atoms with Crippen molar-refractivity contribution < 1.29 is 18.3 Å². The molecule has 0 saturated carbocycles. The van der Waals surface area contributed by atoms with Crippen molar-refractivity contribution in [2.45, 2.75) is 25.6 Å². The SMILES string of the molecule is C[C@H](O)Cc1ccncc1C(F)(F)F. The van der Waals surface area contributed by atoms with Crippen LogP contribution in [0.5, 0.6) is 0 Å². The highest BCUT2D eigenvalue weighted by atomic mass is 19.4. The second kappa shape index (κ2) is 3.96. The van der Waals surface area contributed by atoms with Crippen molar-refractivity contribution in [3.63, 3.8) is 0 Å². The van der Waals surface area contributed by atoms with Crippen molar-refractivity contribution in [3.05, 3.63) is 29.6 Å². The van der Waals surface area contributed by atoms with Crippen molar-refractivity contribution in [2.75, 3.05) is 0 Å². The first kappa shape index (κ1) is 11.0. The van der Waals surface area contributed by atoms with Gasteiger partial charge < -0.3 is 5.11 Å². The lowest BCUT2D eigenvalue weighted by Gasteiger charge is -2.12. The summed E-state index contributed by atoms with van der Waals surface area (Å²) in [4.78, 5) is 3.42. The van der Waals surface area contributed by atoms with E-state index in [2.05, 4.69) is 4.98 Å². The maximum absolute atomic E-state index is 12.4. The Morgan fingerprint density at radius 2 is 2.14 bits per heavy atom. The Labute approximate surface area is 79.4 Å². The second-order valence-electron chi connectivity index (χ2n) is 3.08. The number of aliphatic hydroxyl groups excluding tert-OH is 1. The highest BCUT2D eigenvalue weighted by Gasteiger charge is 2.33. The van der Waals surface area contributed by atoms with E-state index in [1.165, 1.54) is 19.2 Å². The molecule has 0 aliphatic heterocycles. The van der Waals surface area contributed by atoms with E-state index in [0.29, 0.717) is 0 Å². The molecule has 78 valence electrons. The zero-order chi connectivity index (χ0) is 10.8. The zero-order valence-corrected chi connectivity index (χ0v) is 7.54. The van der Waals surface area contributed by atoms with Gasteiger partial charge in [-0.3, -0.25) is 4.98 Å². The zero-order valence-electron chi connectivity index (χ0n) is 7.54. The van der Waals surface area contributed by atoms with Gasteiger partial charge in [0.15, 0.2) is 0 Å². The number of pyridine rings is 1. The minimum atomic E-state index is -4.40. The molecule has 0 bridgehead atoms. The monoisotopic (exact) mass is 205 g/mol. The Morgan fingerprint density at radius 3 is 2.64 bits per heavy atom. The molecule has 0 amide bonds. The van der Waals surface area contributed by atoms with E-state index >= 15 is 0 Å². The summed E-state index contributed by atoms with van der Waals surface area (Å²) < 4.78 is 37.1. The smallest absolute Gasteiger partial charge is 0.393 e. The molecule has 0 aromatic carbocycles. The van der Waals surface area contributed by atoms with Crippen LogP contribution in [0, 0.1) is 0 Å². The third kappa shape index (κ3) is 2.70. The van der Waals surface area contributed by atoms with Crippen LogP contribution in [0.1, 0.15) is 18.1 Å². The van der Waals surface area contributed by atoms with Crippen LogP contribution in [0.25, 0.3) is 0 Å².